The summed E-state index contributed by atoms with van der Waals surface area (Å²) in [7, 11) is 0. The molecular weight excluding hydrogens is 384 g/mol. The van der Waals surface area contributed by atoms with Crippen LogP contribution in [0.25, 0.3) is 0 Å². The van der Waals surface area contributed by atoms with E-state index in [1.54, 1.807) is 0 Å². The fourth-order valence-corrected chi connectivity index (χ4v) is 3.97. The van der Waals surface area contributed by atoms with Gasteiger partial charge in [-0.05, 0) is 36.8 Å². The number of benzene rings is 2. The number of hydrogen-bond acceptors (Lipinski definition) is 4. The lowest BCUT2D eigenvalue weighted by atomic mass is 10.0. The van der Waals surface area contributed by atoms with Crippen LogP contribution in [0.4, 0.5) is 0 Å². The summed E-state index contributed by atoms with van der Waals surface area (Å²) >= 11 is 0. The Morgan fingerprint density at radius 1 is 0.967 bits per heavy atom. The summed E-state index contributed by atoms with van der Waals surface area (Å²) in [5, 5.41) is 21.9. The number of carboxylic acids is 2. The number of nitrogens with one attached hydrogen (secondary N) is 1. The van der Waals surface area contributed by atoms with Crippen LogP contribution in [0.2, 0.25) is 0 Å². The van der Waals surface area contributed by atoms with E-state index in [2.05, 4.69) is 5.32 Å². The van der Waals surface area contributed by atoms with Crippen molar-refractivity contribution in [2.45, 2.75) is 43.8 Å². The average Bonchev–Trinajstić information content (AvgIpc) is 3.20. The quantitative estimate of drug-likeness (QED) is 0.586. The van der Waals surface area contributed by atoms with E-state index < -0.39 is 29.9 Å². The molecule has 0 spiro atoms. The zero-order valence-electron chi connectivity index (χ0n) is 16.6. The van der Waals surface area contributed by atoms with Crippen LogP contribution in [0.15, 0.2) is 60.7 Å². The molecule has 2 aromatic rings. The maximum atomic E-state index is 13.0. The zero-order chi connectivity index (χ0) is 21.5. The van der Waals surface area contributed by atoms with Crippen LogP contribution in [-0.2, 0) is 20.8 Å². The molecule has 3 N–H and O–H groups in total. The van der Waals surface area contributed by atoms with E-state index in [9.17, 15) is 24.6 Å². The molecule has 1 aliphatic heterocycles. The molecular formula is C23H26N2O5. The van der Waals surface area contributed by atoms with Gasteiger partial charge in [0.15, 0.2) is 0 Å². The molecule has 0 aliphatic carbocycles. The zero-order valence-corrected chi connectivity index (χ0v) is 16.6. The van der Waals surface area contributed by atoms with E-state index >= 15 is 0 Å². The molecule has 1 saturated heterocycles. The summed E-state index contributed by atoms with van der Waals surface area (Å²) in [6.07, 6.45) is 1.82. The first-order valence-corrected chi connectivity index (χ1v) is 10.1. The highest BCUT2D eigenvalue weighted by atomic mass is 16.4. The van der Waals surface area contributed by atoms with Gasteiger partial charge in [-0.3, -0.25) is 14.9 Å². The number of carboxylic acid groups (broad SMARTS) is 2. The third-order valence-electron chi connectivity index (χ3n) is 5.50. The lowest BCUT2D eigenvalue weighted by Gasteiger charge is -2.29. The summed E-state index contributed by atoms with van der Waals surface area (Å²) in [6.45, 7) is -0.223. The van der Waals surface area contributed by atoms with Crippen LogP contribution >= 0.6 is 0 Å². The predicted molar refractivity (Wildman–Crippen MR) is 111 cm³/mol. The van der Waals surface area contributed by atoms with Crippen LogP contribution in [-0.4, -0.2) is 51.6 Å². The molecule has 7 nitrogen and oxygen atoms in total. The van der Waals surface area contributed by atoms with E-state index in [1.165, 1.54) is 4.90 Å². The van der Waals surface area contributed by atoms with Crippen molar-refractivity contribution in [3.05, 3.63) is 71.8 Å². The number of aliphatic carboxylic acids is 2. The fourth-order valence-electron chi connectivity index (χ4n) is 3.97. The minimum absolute atomic E-state index is 0.223. The van der Waals surface area contributed by atoms with Gasteiger partial charge in [-0.2, -0.15) is 0 Å². The Hall–Kier alpha value is -3.19. The molecule has 0 radical (unpaired) electrons. The smallest absolute Gasteiger partial charge is 0.326 e. The van der Waals surface area contributed by atoms with Crippen LogP contribution < -0.4 is 5.32 Å². The molecule has 2 aromatic carbocycles. The number of nitrogens with zero attached hydrogens (tertiary/aromatic N) is 1. The molecule has 30 heavy (non-hydrogen) atoms. The van der Waals surface area contributed by atoms with E-state index in [-0.39, 0.29) is 12.6 Å². The van der Waals surface area contributed by atoms with Gasteiger partial charge in [-0.1, -0.05) is 60.7 Å². The molecule has 3 atom stereocenters. The van der Waals surface area contributed by atoms with Gasteiger partial charge in [0.05, 0.1) is 12.6 Å². The Morgan fingerprint density at radius 3 is 2.20 bits per heavy atom. The highest BCUT2D eigenvalue weighted by Gasteiger charge is 2.41. The Morgan fingerprint density at radius 2 is 1.60 bits per heavy atom. The third kappa shape index (κ3) is 5.24. The largest absolute Gasteiger partial charge is 0.480 e. The summed E-state index contributed by atoms with van der Waals surface area (Å²) in [5.41, 5.74) is 1.90. The van der Waals surface area contributed by atoms with Gasteiger partial charge < -0.3 is 15.1 Å². The van der Waals surface area contributed by atoms with Crippen molar-refractivity contribution in [2.24, 2.45) is 0 Å². The summed E-state index contributed by atoms with van der Waals surface area (Å²) < 4.78 is 0. The van der Waals surface area contributed by atoms with Gasteiger partial charge in [0.1, 0.15) is 12.1 Å². The summed E-state index contributed by atoms with van der Waals surface area (Å²) in [6, 6.07) is 16.7. The minimum atomic E-state index is -1.04. The first-order valence-electron chi connectivity index (χ1n) is 10.1. The minimum Gasteiger partial charge on any atom is -0.480 e. The first kappa shape index (κ1) is 21.5. The first-order chi connectivity index (χ1) is 14.5. The van der Waals surface area contributed by atoms with E-state index in [4.69, 9.17) is 0 Å². The predicted octanol–water partition coefficient (Wildman–Crippen LogP) is 2.48. The molecule has 1 aliphatic rings. The molecule has 1 fully saturated rings. The van der Waals surface area contributed by atoms with Crippen molar-refractivity contribution in [3.8, 4) is 0 Å². The van der Waals surface area contributed by atoms with Crippen LogP contribution in [0.1, 0.15) is 36.4 Å². The molecule has 7 heteroatoms. The topological polar surface area (TPSA) is 107 Å². The normalized spacial score (nSPS) is 19.4. The number of amides is 1. The lowest BCUT2D eigenvalue weighted by Crippen LogP contribution is -2.48. The molecule has 0 bridgehead atoms. The summed E-state index contributed by atoms with van der Waals surface area (Å²) in [5.74, 6) is -2.48. The van der Waals surface area contributed by atoms with Gasteiger partial charge >= 0.3 is 11.9 Å². The van der Waals surface area contributed by atoms with Crippen LogP contribution in [0.3, 0.4) is 0 Å². The number of likely N-dealkylation sites (tertiary alicyclic amines) is 1. The van der Waals surface area contributed by atoms with Crippen LogP contribution in [0, 0.1) is 0 Å². The van der Waals surface area contributed by atoms with Gasteiger partial charge in [0, 0.05) is 0 Å². The Balaban J connectivity index is 1.66. The van der Waals surface area contributed by atoms with Crippen molar-refractivity contribution in [2.75, 3.05) is 6.54 Å². The van der Waals surface area contributed by atoms with E-state index in [0.29, 0.717) is 25.7 Å². The number of carbonyl (C=O) groups excluding carboxylic acids is 1. The maximum absolute atomic E-state index is 13.0. The lowest BCUT2D eigenvalue weighted by molar-refractivity contribution is -0.149. The standard InChI is InChI=1S/C23H26N2O5/c26-21(15-24-18(22(27)28)12-11-16-7-3-1-4-8-16)25-19(13-14-20(25)23(29)30)17-9-5-2-6-10-17/h1-10,18-20,24H,11-15H2,(H,27,28)(H,29,30)/t18-,19+,20-/m0/s1. The average molecular weight is 410 g/mol. The van der Waals surface area contributed by atoms with E-state index in [1.807, 2.05) is 60.7 Å². The third-order valence-corrected chi connectivity index (χ3v) is 5.50. The van der Waals surface area contributed by atoms with Gasteiger partial charge in [0.25, 0.3) is 0 Å². The number of rotatable bonds is 9. The Kier molecular flexibility index (Phi) is 7.19. The molecule has 1 heterocycles. The van der Waals surface area contributed by atoms with Gasteiger partial charge in [-0.15, -0.1) is 0 Å². The van der Waals surface area contributed by atoms with Crippen molar-refractivity contribution in [1.82, 2.24) is 10.2 Å². The molecule has 158 valence electrons. The fraction of sp³-hybridized carbons (Fsp3) is 0.348. The number of carbonyl (C=O) groups is 3. The highest BCUT2D eigenvalue weighted by molar-refractivity contribution is 5.86. The molecule has 1 amide bonds. The van der Waals surface area contributed by atoms with Crippen molar-refractivity contribution >= 4 is 17.8 Å². The van der Waals surface area contributed by atoms with Crippen molar-refractivity contribution < 1.29 is 24.6 Å². The molecule has 3 rings (SSSR count). The number of hydrogen-bond donors (Lipinski definition) is 3. The second-order valence-electron chi connectivity index (χ2n) is 7.45. The van der Waals surface area contributed by atoms with Crippen molar-refractivity contribution in [1.29, 1.82) is 0 Å². The Bertz CT molecular complexity index is 872. The molecule has 0 saturated carbocycles. The van der Waals surface area contributed by atoms with E-state index in [0.717, 1.165) is 11.1 Å². The van der Waals surface area contributed by atoms with Gasteiger partial charge in [-0.25, -0.2) is 4.79 Å². The maximum Gasteiger partial charge on any atom is 0.326 e. The second-order valence-corrected chi connectivity index (χ2v) is 7.45. The molecule has 0 unspecified atom stereocenters. The van der Waals surface area contributed by atoms with Crippen LogP contribution in [0.5, 0.6) is 0 Å². The SMILES string of the molecule is O=C(O)[C@H](CCc1ccccc1)NCC(=O)N1[C@@H](c2ccccc2)CC[C@H]1C(=O)O. The monoisotopic (exact) mass is 410 g/mol. The highest BCUT2D eigenvalue weighted by Crippen LogP contribution is 2.36. The van der Waals surface area contributed by atoms with Gasteiger partial charge in [0.2, 0.25) is 5.91 Å². The molecule has 0 aromatic heterocycles. The number of aryl methyl sites for hydroxylation is 1. The second kappa shape index (κ2) is 10.0. The Labute approximate surface area is 175 Å². The van der Waals surface area contributed by atoms with Crippen molar-refractivity contribution in [3.63, 3.8) is 0 Å². The summed E-state index contributed by atoms with van der Waals surface area (Å²) in [4.78, 5) is 37.7.